The maximum Gasteiger partial charge on any atom is 0.261 e. The first-order valence-corrected chi connectivity index (χ1v) is 6.71. The SMILES string of the molecule is [2H]C([2H])(O)[C@H]1O[C@@H](n2ccc3c(=O)[nH]c(N)nc32)C(F)(C#CCl)[C@H]1O. The highest BCUT2D eigenvalue weighted by atomic mass is 35.5. The Balaban J connectivity index is 2.21. The molecule has 0 bridgehead atoms. The smallest absolute Gasteiger partial charge is 0.261 e. The number of aromatic nitrogens is 3. The number of ether oxygens (including phenoxy) is 1. The van der Waals surface area contributed by atoms with E-state index >= 15 is 4.39 Å². The largest absolute Gasteiger partial charge is 0.394 e. The van der Waals surface area contributed by atoms with Crippen LogP contribution in [0.2, 0.25) is 0 Å². The van der Waals surface area contributed by atoms with Gasteiger partial charge in [0.2, 0.25) is 11.6 Å². The van der Waals surface area contributed by atoms with Crippen LogP contribution in [0.25, 0.3) is 11.0 Å². The minimum Gasteiger partial charge on any atom is -0.394 e. The molecule has 1 aliphatic rings. The average Bonchev–Trinajstić information content (AvgIpc) is 3.00. The quantitative estimate of drug-likeness (QED) is 0.542. The van der Waals surface area contributed by atoms with Crippen LogP contribution >= 0.6 is 11.6 Å². The molecule has 1 fully saturated rings. The number of aliphatic hydroxyl groups excluding tert-OH is 1. The Morgan fingerprint density at radius 1 is 1.74 bits per heavy atom. The van der Waals surface area contributed by atoms with Crippen molar-refractivity contribution in [3.8, 4) is 11.3 Å². The first-order chi connectivity index (χ1) is 11.6. The van der Waals surface area contributed by atoms with Gasteiger partial charge in [0, 0.05) is 11.6 Å². The van der Waals surface area contributed by atoms with Gasteiger partial charge < -0.3 is 25.3 Å². The van der Waals surface area contributed by atoms with Crippen molar-refractivity contribution in [1.29, 1.82) is 0 Å². The first-order valence-electron chi connectivity index (χ1n) is 7.33. The van der Waals surface area contributed by atoms with E-state index in [-0.39, 0.29) is 17.0 Å². The molecule has 4 atom stereocenters. The summed E-state index contributed by atoms with van der Waals surface area (Å²) in [6.07, 6.45) is -4.63. The number of hydrogen-bond acceptors (Lipinski definition) is 6. The van der Waals surface area contributed by atoms with E-state index in [1.807, 2.05) is 5.92 Å². The molecule has 0 radical (unpaired) electrons. The van der Waals surface area contributed by atoms with E-state index in [0.29, 0.717) is 0 Å². The molecule has 10 heteroatoms. The average molecular weight is 345 g/mol. The van der Waals surface area contributed by atoms with Crippen LogP contribution in [-0.2, 0) is 4.74 Å². The molecule has 8 nitrogen and oxygen atoms in total. The molecule has 122 valence electrons. The number of nitrogens with zero attached hydrogens (tertiary/aromatic N) is 2. The predicted molar refractivity (Wildman–Crippen MR) is 79.2 cm³/mol. The highest BCUT2D eigenvalue weighted by molar-refractivity contribution is 6.30. The lowest BCUT2D eigenvalue weighted by molar-refractivity contribution is -0.0501. The van der Waals surface area contributed by atoms with Crippen LogP contribution in [0, 0.1) is 11.3 Å². The number of aliphatic hydroxyl groups is 2. The fraction of sp³-hybridized carbons (Fsp3) is 0.385. The van der Waals surface area contributed by atoms with Gasteiger partial charge >= 0.3 is 0 Å². The zero-order chi connectivity index (χ0) is 18.6. The van der Waals surface area contributed by atoms with Gasteiger partial charge in [0.15, 0.2) is 11.9 Å². The molecule has 0 spiro atoms. The maximum atomic E-state index is 15.4. The second-order valence-electron chi connectivity index (χ2n) is 4.88. The number of H-pyrrole nitrogens is 1. The molecule has 1 saturated heterocycles. The van der Waals surface area contributed by atoms with Gasteiger partial charge in [0.1, 0.15) is 12.2 Å². The van der Waals surface area contributed by atoms with Gasteiger partial charge in [0.05, 0.1) is 14.7 Å². The van der Waals surface area contributed by atoms with Crippen molar-refractivity contribution in [2.45, 2.75) is 24.1 Å². The summed E-state index contributed by atoms with van der Waals surface area (Å²) in [5.74, 6) is 1.70. The highest BCUT2D eigenvalue weighted by Crippen LogP contribution is 2.42. The van der Waals surface area contributed by atoms with Crippen molar-refractivity contribution in [2.75, 3.05) is 12.3 Å². The Morgan fingerprint density at radius 2 is 2.48 bits per heavy atom. The lowest BCUT2D eigenvalue weighted by atomic mass is 9.97. The Hall–Kier alpha value is -2.12. The summed E-state index contributed by atoms with van der Waals surface area (Å²) in [7, 11) is 0. The van der Waals surface area contributed by atoms with Crippen molar-refractivity contribution < 1.29 is 22.1 Å². The van der Waals surface area contributed by atoms with Crippen molar-refractivity contribution in [3.05, 3.63) is 22.6 Å². The van der Waals surface area contributed by atoms with Crippen LogP contribution in [0.1, 0.15) is 8.97 Å². The van der Waals surface area contributed by atoms with Crippen LogP contribution in [-0.4, -0.2) is 49.2 Å². The fourth-order valence-electron chi connectivity index (χ4n) is 2.50. The van der Waals surface area contributed by atoms with E-state index in [0.717, 1.165) is 4.57 Å². The van der Waals surface area contributed by atoms with E-state index < -0.39 is 36.2 Å². The van der Waals surface area contributed by atoms with E-state index in [2.05, 4.69) is 9.97 Å². The first kappa shape index (κ1) is 13.3. The Morgan fingerprint density at radius 3 is 3.13 bits per heavy atom. The number of hydrogen-bond donors (Lipinski definition) is 4. The topological polar surface area (TPSA) is 126 Å². The molecular weight excluding hydrogens is 331 g/mol. The lowest BCUT2D eigenvalue weighted by Gasteiger charge is -2.24. The molecule has 3 rings (SSSR count). The molecule has 1 unspecified atom stereocenters. The van der Waals surface area contributed by atoms with Gasteiger partial charge in [-0.3, -0.25) is 9.78 Å². The monoisotopic (exact) mass is 344 g/mol. The number of halogens is 2. The summed E-state index contributed by atoms with van der Waals surface area (Å²) in [5.41, 5.74) is 1.95. The van der Waals surface area contributed by atoms with Crippen molar-refractivity contribution in [2.24, 2.45) is 0 Å². The molecule has 0 saturated carbocycles. The number of nitrogen functional groups attached to an aromatic ring is 1. The zero-order valence-electron chi connectivity index (χ0n) is 13.3. The van der Waals surface area contributed by atoms with Crippen LogP contribution in [0.15, 0.2) is 17.1 Å². The Labute approximate surface area is 136 Å². The van der Waals surface area contributed by atoms with E-state index in [9.17, 15) is 15.0 Å². The third kappa shape index (κ3) is 2.27. The second-order valence-corrected chi connectivity index (χ2v) is 5.07. The molecule has 2 aromatic rings. The number of aromatic amines is 1. The normalized spacial score (nSPS) is 32.3. The van der Waals surface area contributed by atoms with Gasteiger partial charge in [-0.05, 0) is 23.6 Å². The molecule has 0 aromatic carbocycles. The number of rotatable bonds is 2. The van der Waals surface area contributed by atoms with E-state index in [1.165, 1.54) is 12.3 Å². The number of anilines is 1. The van der Waals surface area contributed by atoms with Crippen molar-refractivity contribution >= 4 is 28.6 Å². The number of fused-ring (bicyclic) bond motifs is 1. The molecule has 5 N–H and O–H groups in total. The van der Waals surface area contributed by atoms with Crippen LogP contribution < -0.4 is 11.3 Å². The molecule has 2 aromatic heterocycles. The molecule has 0 aliphatic carbocycles. The van der Waals surface area contributed by atoms with Gasteiger partial charge in [-0.1, -0.05) is 0 Å². The summed E-state index contributed by atoms with van der Waals surface area (Å²) in [5, 5.41) is 21.5. The standard InChI is InChI=1S/C13H12ClFN4O4/c14-3-2-13(15)8(21)7(5-20)23-11(13)19-4-1-6-9(19)17-12(16)18-10(6)22/h1,4,7-8,11,20-21H,5H2,(H3,16,17,18,22)/t7-,8+,11-,13?/m1/s1/i5D2. The molecular formula is C13H12ClFN4O4. The van der Waals surface area contributed by atoms with Crippen LogP contribution in [0.4, 0.5) is 10.3 Å². The highest BCUT2D eigenvalue weighted by Gasteiger charge is 2.57. The lowest BCUT2D eigenvalue weighted by Crippen LogP contribution is -2.42. The molecule has 3 heterocycles. The molecule has 0 amide bonds. The van der Waals surface area contributed by atoms with Crippen molar-refractivity contribution in [1.82, 2.24) is 14.5 Å². The van der Waals surface area contributed by atoms with Gasteiger partial charge in [-0.15, -0.1) is 0 Å². The maximum absolute atomic E-state index is 15.4. The third-order valence-corrected chi connectivity index (χ3v) is 3.67. The summed E-state index contributed by atoms with van der Waals surface area (Å²) in [6.45, 7) is -3.06. The van der Waals surface area contributed by atoms with Gasteiger partial charge in [0.25, 0.3) is 5.56 Å². The zero-order valence-corrected chi connectivity index (χ0v) is 12.1. The predicted octanol–water partition coefficient (Wildman–Crippen LogP) is -0.535. The van der Waals surface area contributed by atoms with Crippen LogP contribution in [0.5, 0.6) is 0 Å². The minimum absolute atomic E-state index is 0.0592. The summed E-state index contributed by atoms with van der Waals surface area (Å²) in [6, 6.07) is 1.31. The third-order valence-electron chi connectivity index (χ3n) is 3.57. The summed E-state index contributed by atoms with van der Waals surface area (Å²) >= 11 is 5.27. The summed E-state index contributed by atoms with van der Waals surface area (Å²) < 4.78 is 36.2. The number of alkyl halides is 1. The second kappa shape index (κ2) is 5.50. The van der Waals surface area contributed by atoms with E-state index in [1.54, 1.807) is 5.38 Å². The number of nitrogens with one attached hydrogen (secondary N) is 1. The minimum atomic E-state index is -3.06. The summed E-state index contributed by atoms with van der Waals surface area (Å²) in [4.78, 5) is 18.0. The molecule has 1 aliphatic heterocycles. The fourth-order valence-corrected chi connectivity index (χ4v) is 2.65. The Kier molecular flexibility index (Phi) is 3.19. The van der Waals surface area contributed by atoms with Gasteiger partial charge in [-0.2, -0.15) is 4.98 Å². The van der Waals surface area contributed by atoms with E-state index in [4.69, 9.17) is 24.8 Å². The van der Waals surface area contributed by atoms with Crippen molar-refractivity contribution in [3.63, 3.8) is 0 Å². The van der Waals surface area contributed by atoms with Crippen LogP contribution in [0.3, 0.4) is 0 Å². The molecule has 23 heavy (non-hydrogen) atoms. The number of nitrogens with two attached hydrogens (primary N) is 1. The Bertz CT molecular complexity index is 949. The van der Waals surface area contributed by atoms with Gasteiger partial charge in [-0.25, -0.2) is 4.39 Å².